The Bertz CT molecular complexity index is 837. The van der Waals surface area contributed by atoms with Crippen molar-refractivity contribution in [3.63, 3.8) is 0 Å². The van der Waals surface area contributed by atoms with Gasteiger partial charge in [0.1, 0.15) is 0 Å². The molecule has 3 atom stereocenters. The molecular formula is C21H26N2O3S. The van der Waals surface area contributed by atoms with Crippen molar-refractivity contribution < 1.29 is 13.9 Å². The summed E-state index contributed by atoms with van der Waals surface area (Å²) < 4.78 is 20.4. The molecule has 0 spiro atoms. The molecular weight excluding hydrogens is 360 g/mol. The quantitative estimate of drug-likeness (QED) is 0.638. The molecule has 0 bridgehead atoms. The largest absolute Gasteiger partial charge is 0.384 e. The first kappa shape index (κ1) is 19.8. The fourth-order valence-corrected chi connectivity index (χ4v) is 3.66. The van der Waals surface area contributed by atoms with Crippen molar-refractivity contribution in [1.29, 1.82) is 0 Å². The van der Waals surface area contributed by atoms with Crippen LogP contribution in [0.25, 0.3) is 6.08 Å². The van der Waals surface area contributed by atoms with E-state index in [9.17, 15) is 13.9 Å². The van der Waals surface area contributed by atoms with Crippen LogP contribution in [0.1, 0.15) is 30.5 Å². The minimum absolute atomic E-state index is 0.243. The zero-order chi connectivity index (χ0) is 19.4. The van der Waals surface area contributed by atoms with Gasteiger partial charge in [-0.3, -0.25) is 0 Å². The van der Waals surface area contributed by atoms with E-state index in [2.05, 4.69) is 17.1 Å². The predicted molar refractivity (Wildman–Crippen MR) is 108 cm³/mol. The summed E-state index contributed by atoms with van der Waals surface area (Å²) in [6.07, 6.45) is 4.00. The Labute approximate surface area is 163 Å². The van der Waals surface area contributed by atoms with Crippen LogP contribution in [0.3, 0.4) is 0 Å². The minimum Gasteiger partial charge on any atom is -0.384 e. The molecule has 0 radical (unpaired) electrons. The first-order valence-electron chi connectivity index (χ1n) is 9.03. The van der Waals surface area contributed by atoms with Crippen molar-refractivity contribution in [1.82, 2.24) is 10.2 Å². The first-order chi connectivity index (χ1) is 12.9. The van der Waals surface area contributed by atoms with E-state index in [1.807, 2.05) is 55.6 Å². The Hall–Kier alpha value is -1.99. The van der Waals surface area contributed by atoms with E-state index in [0.717, 1.165) is 29.8 Å². The number of hydrogen-bond donors (Lipinski definition) is 3. The molecule has 0 aromatic heterocycles. The lowest BCUT2D eigenvalue weighted by Gasteiger charge is -2.32. The van der Waals surface area contributed by atoms with Gasteiger partial charge in [-0.2, -0.15) is 0 Å². The van der Waals surface area contributed by atoms with Gasteiger partial charge >= 0.3 is 0 Å². The van der Waals surface area contributed by atoms with Crippen LogP contribution >= 0.6 is 0 Å². The second-order valence-electron chi connectivity index (χ2n) is 7.22. The molecule has 1 unspecified atom stereocenters. The number of fused-ring (bicyclic) bond motifs is 1. The van der Waals surface area contributed by atoms with Gasteiger partial charge in [0.25, 0.3) is 0 Å². The summed E-state index contributed by atoms with van der Waals surface area (Å²) in [5.41, 5.74) is 2.10. The van der Waals surface area contributed by atoms with Crippen molar-refractivity contribution in [3.05, 3.63) is 71.4 Å². The maximum Gasteiger partial charge on any atom is 0.186 e. The number of aliphatic hydroxyl groups is 1. The van der Waals surface area contributed by atoms with Crippen LogP contribution in [0.4, 0.5) is 0 Å². The molecule has 3 N–H and O–H groups in total. The summed E-state index contributed by atoms with van der Waals surface area (Å²) in [6.45, 7) is 5.92. The zero-order valence-electron chi connectivity index (χ0n) is 15.6. The standard InChI is InChI=1S/C21H26N2O3S/c1-16(13-22-15-21(2,24)19-6-4-3-5-7-19)23-11-10-17-12-20(27(25)26)9-8-18(17)14-23/h3-12,16,22,24H,13-15H2,1-2H3,(H,25,26)/t16-,21-/m1/s1. The van der Waals surface area contributed by atoms with Crippen LogP contribution in [-0.4, -0.2) is 37.9 Å². The molecule has 27 heavy (non-hydrogen) atoms. The molecule has 3 rings (SSSR count). The number of nitrogens with one attached hydrogen (secondary N) is 1. The topological polar surface area (TPSA) is 72.8 Å². The molecule has 6 heteroatoms. The van der Waals surface area contributed by atoms with E-state index >= 15 is 0 Å². The molecule has 2 aromatic carbocycles. The van der Waals surface area contributed by atoms with Crippen LogP contribution in [0.5, 0.6) is 0 Å². The molecule has 5 nitrogen and oxygen atoms in total. The summed E-state index contributed by atoms with van der Waals surface area (Å²) in [7, 11) is 0. The number of hydrogen-bond acceptors (Lipinski definition) is 4. The molecule has 0 saturated carbocycles. The van der Waals surface area contributed by atoms with E-state index in [1.165, 1.54) is 0 Å². The highest BCUT2D eigenvalue weighted by atomic mass is 32.2. The maximum atomic E-state index is 11.2. The Morgan fingerprint density at radius 3 is 2.70 bits per heavy atom. The molecule has 0 amide bonds. The summed E-state index contributed by atoms with van der Waals surface area (Å²) in [5, 5.41) is 14.0. The SMILES string of the molecule is C[C@H](CNC[C@@](C)(O)c1ccccc1)N1C=Cc2cc(S(=O)O)ccc2C1. The zero-order valence-corrected chi connectivity index (χ0v) is 16.4. The molecule has 1 aliphatic rings. The molecule has 0 aliphatic carbocycles. The van der Waals surface area contributed by atoms with Crippen LogP contribution in [0, 0.1) is 0 Å². The monoisotopic (exact) mass is 386 g/mol. The molecule has 1 aliphatic heterocycles. The molecule has 0 saturated heterocycles. The van der Waals surface area contributed by atoms with Gasteiger partial charge in [0.15, 0.2) is 11.1 Å². The Morgan fingerprint density at radius 1 is 1.26 bits per heavy atom. The predicted octanol–water partition coefficient (Wildman–Crippen LogP) is 2.94. The van der Waals surface area contributed by atoms with Crippen molar-refractivity contribution in [2.75, 3.05) is 13.1 Å². The van der Waals surface area contributed by atoms with Gasteiger partial charge in [0, 0.05) is 31.9 Å². The van der Waals surface area contributed by atoms with Crippen molar-refractivity contribution in [2.24, 2.45) is 0 Å². The summed E-state index contributed by atoms with van der Waals surface area (Å²) in [5.74, 6) is 0. The Kier molecular flexibility index (Phi) is 6.11. The van der Waals surface area contributed by atoms with Crippen molar-refractivity contribution >= 4 is 17.2 Å². The second kappa shape index (κ2) is 8.35. The second-order valence-corrected chi connectivity index (χ2v) is 8.19. The normalized spacial score (nSPS) is 17.9. The fourth-order valence-electron chi connectivity index (χ4n) is 3.25. The van der Waals surface area contributed by atoms with Crippen LogP contribution < -0.4 is 5.32 Å². The van der Waals surface area contributed by atoms with Crippen LogP contribution in [-0.2, 0) is 23.2 Å². The Balaban J connectivity index is 1.56. The van der Waals surface area contributed by atoms with Gasteiger partial charge in [0.05, 0.1) is 10.5 Å². The van der Waals surface area contributed by atoms with Crippen molar-refractivity contribution in [3.8, 4) is 0 Å². The highest BCUT2D eigenvalue weighted by molar-refractivity contribution is 7.79. The minimum atomic E-state index is -1.95. The molecule has 1 heterocycles. The lowest BCUT2D eigenvalue weighted by atomic mass is 9.96. The average Bonchev–Trinajstić information content (AvgIpc) is 2.67. The lowest BCUT2D eigenvalue weighted by Crippen LogP contribution is -2.42. The van der Waals surface area contributed by atoms with E-state index in [1.54, 1.807) is 12.1 Å². The number of nitrogens with zero attached hydrogens (tertiary/aromatic N) is 1. The molecule has 0 fully saturated rings. The van der Waals surface area contributed by atoms with Gasteiger partial charge in [-0.1, -0.05) is 36.4 Å². The van der Waals surface area contributed by atoms with E-state index in [-0.39, 0.29) is 6.04 Å². The van der Waals surface area contributed by atoms with Gasteiger partial charge in [-0.25, -0.2) is 4.21 Å². The summed E-state index contributed by atoms with van der Waals surface area (Å²) >= 11 is -1.95. The smallest absolute Gasteiger partial charge is 0.186 e. The number of benzene rings is 2. The lowest BCUT2D eigenvalue weighted by molar-refractivity contribution is 0.0554. The van der Waals surface area contributed by atoms with Gasteiger partial charge in [-0.15, -0.1) is 0 Å². The third-order valence-corrected chi connectivity index (χ3v) is 5.65. The highest BCUT2D eigenvalue weighted by Crippen LogP contribution is 2.24. The Morgan fingerprint density at radius 2 is 2.00 bits per heavy atom. The van der Waals surface area contributed by atoms with Gasteiger partial charge in [-0.05, 0) is 48.7 Å². The highest BCUT2D eigenvalue weighted by Gasteiger charge is 2.23. The molecule has 144 valence electrons. The van der Waals surface area contributed by atoms with E-state index in [4.69, 9.17) is 0 Å². The van der Waals surface area contributed by atoms with Crippen molar-refractivity contribution in [2.45, 2.75) is 36.9 Å². The van der Waals surface area contributed by atoms with Crippen LogP contribution in [0.2, 0.25) is 0 Å². The summed E-state index contributed by atoms with van der Waals surface area (Å²) in [6, 6.07) is 15.3. The third kappa shape index (κ3) is 4.84. The third-order valence-electron chi connectivity index (χ3n) is 4.99. The summed E-state index contributed by atoms with van der Waals surface area (Å²) in [4.78, 5) is 2.65. The first-order valence-corrected chi connectivity index (χ1v) is 10.1. The molecule has 2 aromatic rings. The van der Waals surface area contributed by atoms with Gasteiger partial charge < -0.3 is 19.9 Å². The fraction of sp³-hybridized carbons (Fsp3) is 0.333. The van der Waals surface area contributed by atoms with E-state index < -0.39 is 16.7 Å². The average molecular weight is 387 g/mol. The van der Waals surface area contributed by atoms with E-state index in [0.29, 0.717) is 11.4 Å². The van der Waals surface area contributed by atoms with Crippen LogP contribution in [0.15, 0.2) is 59.6 Å². The maximum absolute atomic E-state index is 11.2. The van der Waals surface area contributed by atoms with Gasteiger partial charge in [0.2, 0.25) is 0 Å². The number of rotatable bonds is 7.